The average molecular weight is 337 g/mol. The molecule has 2 aromatic heterocycles. The highest BCUT2D eigenvalue weighted by molar-refractivity contribution is 9.10. The minimum absolute atomic E-state index is 0.102. The first kappa shape index (κ1) is 14.7. The lowest BCUT2D eigenvalue weighted by Gasteiger charge is -2.09. The quantitative estimate of drug-likeness (QED) is 0.880. The first-order chi connectivity index (χ1) is 9.72. The maximum absolute atomic E-state index is 12.0. The molecular weight excluding hydrogens is 320 g/mol. The third kappa shape index (κ3) is 3.66. The Kier molecular flexibility index (Phi) is 5.29. The van der Waals surface area contributed by atoms with Gasteiger partial charge in [-0.05, 0) is 34.5 Å². The summed E-state index contributed by atoms with van der Waals surface area (Å²) in [5, 5.41) is 7.36. The Labute approximate surface area is 126 Å². The summed E-state index contributed by atoms with van der Waals surface area (Å²) in [5.74, 6) is 0. The lowest BCUT2D eigenvalue weighted by molar-refractivity contribution is 0.566. The molecule has 0 aliphatic rings. The van der Waals surface area contributed by atoms with E-state index in [2.05, 4.69) is 31.3 Å². The Morgan fingerprint density at radius 2 is 2.25 bits per heavy atom. The van der Waals surface area contributed by atoms with E-state index in [0.717, 1.165) is 24.2 Å². The van der Waals surface area contributed by atoms with Crippen LogP contribution in [0.1, 0.15) is 19.0 Å². The molecular formula is C14H17BrN4O. The molecule has 0 fully saturated rings. The van der Waals surface area contributed by atoms with Crippen molar-refractivity contribution in [2.24, 2.45) is 0 Å². The van der Waals surface area contributed by atoms with Gasteiger partial charge < -0.3 is 5.32 Å². The number of aryl methyl sites for hydroxylation is 1. The van der Waals surface area contributed by atoms with E-state index in [-0.39, 0.29) is 5.56 Å². The zero-order chi connectivity index (χ0) is 14.4. The normalized spacial score (nSPS) is 10.5. The number of nitrogens with zero attached hydrogens (tertiary/aromatic N) is 3. The fraction of sp³-hybridized carbons (Fsp3) is 0.357. The van der Waals surface area contributed by atoms with Gasteiger partial charge >= 0.3 is 0 Å². The van der Waals surface area contributed by atoms with Crippen molar-refractivity contribution in [1.29, 1.82) is 0 Å². The summed E-state index contributed by atoms with van der Waals surface area (Å²) >= 11 is 3.34. The first-order valence-electron chi connectivity index (χ1n) is 6.61. The van der Waals surface area contributed by atoms with Gasteiger partial charge in [-0.1, -0.05) is 13.0 Å². The van der Waals surface area contributed by atoms with Crippen LogP contribution in [0.15, 0.2) is 39.9 Å². The van der Waals surface area contributed by atoms with Gasteiger partial charge in [-0.15, -0.1) is 0 Å². The van der Waals surface area contributed by atoms with Crippen molar-refractivity contribution in [2.45, 2.75) is 26.3 Å². The summed E-state index contributed by atoms with van der Waals surface area (Å²) in [7, 11) is 0. The maximum Gasteiger partial charge on any atom is 0.283 e. The van der Waals surface area contributed by atoms with Crippen molar-refractivity contribution < 1.29 is 0 Å². The predicted molar refractivity (Wildman–Crippen MR) is 82.9 cm³/mol. The minimum Gasteiger partial charge on any atom is -0.382 e. The van der Waals surface area contributed by atoms with Crippen LogP contribution in [0.25, 0.3) is 0 Å². The van der Waals surface area contributed by atoms with Crippen molar-refractivity contribution >= 4 is 21.6 Å². The zero-order valence-electron chi connectivity index (χ0n) is 11.3. The van der Waals surface area contributed by atoms with Crippen LogP contribution in [-0.4, -0.2) is 21.3 Å². The van der Waals surface area contributed by atoms with E-state index in [0.29, 0.717) is 17.6 Å². The van der Waals surface area contributed by atoms with Crippen LogP contribution in [0.3, 0.4) is 0 Å². The zero-order valence-corrected chi connectivity index (χ0v) is 12.9. The van der Waals surface area contributed by atoms with Crippen LogP contribution in [0.4, 0.5) is 5.69 Å². The molecule has 0 aromatic carbocycles. The van der Waals surface area contributed by atoms with Crippen LogP contribution >= 0.6 is 15.9 Å². The Balaban J connectivity index is 2.00. The SMILES string of the molecule is CCCn1ncc(NCCc2ccccn2)c(Br)c1=O. The molecule has 0 amide bonds. The van der Waals surface area contributed by atoms with E-state index >= 15 is 0 Å². The predicted octanol–water partition coefficient (Wildman–Crippen LogP) is 2.47. The van der Waals surface area contributed by atoms with Gasteiger partial charge in [0.25, 0.3) is 5.56 Å². The number of halogens is 1. The molecule has 0 aliphatic carbocycles. The summed E-state index contributed by atoms with van der Waals surface area (Å²) in [4.78, 5) is 16.3. The van der Waals surface area contributed by atoms with E-state index in [1.807, 2.05) is 25.1 Å². The molecule has 0 spiro atoms. The molecule has 0 saturated heterocycles. The van der Waals surface area contributed by atoms with E-state index in [4.69, 9.17) is 0 Å². The second-order valence-corrected chi connectivity index (χ2v) is 5.19. The Bertz CT molecular complexity index is 612. The van der Waals surface area contributed by atoms with Crippen LogP contribution < -0.4 is 10.9 Å². The van der Waals surface area contributed by atoms with E-state index in [1.165, 1.54) is 4.68 Å². The molecule has 0 radical (unpaired) electrons. The molecule has 6 heteroatoms. The molecule has 0 atom stereocenters. The van der Waals surface area contributed by atoms with E-state index in [1.54, 1.807) is 12.4 Å². The lowest BCUT2D eigenvalue weighted by Crippen LogP contribution is -2.24. The summed E-state index contributed by atoms with van der Waals surface area (Å²) in [6, 6.07) is 5.84. The van der Waals surface area contributed by atoms with Crippen molar-refractivity contribution in [3.05, 3.63) is 51.1 Å². The van der Waals surface area contributed by atoms with Gasteiger partial charge in [-0.3, -0.25) is 9.78 Å². The van der Waals surface area contributed by atoms with E-state index < -0.39 is 0 Å². The van der Waals surface area contributed by atoms with Gasteiger partial charge in [-0.2, -0.15) is 5.10 Å². The Morgan fingerprint density at radius 3 is 2.95 bits per heavy atom. The summed E-state index contributed by atoms with van der Waals surface area (Å²) < 4.78 is 2.00. The fourth-order valence-electron chi connectivity index (χ4n) is 1.83. The molecule has 0 saturated carbocycles. The maximum atomic E-state index is 12.0. The number of rotatable bonds is 6. The number of anilines is 1. The van der Waals surface area contributed by atoms with Crippen molar-refractivity contribution in [1.82, 2.24) is 14.8 Å². The van der Waals surface area contributed by atoms with Crippen LogP contribution in [0.5, 0.6) is 0 Å². The fourth-order valence-corrected chi connectivity index (χ4v) is 2.28. The highest BCUT2D eigenvalue weighted by Gasteiger charge is 2.07. The molecule has 2 heterocycles. The smallest absolute Gasteiger partial charge is 0.283 e. The highest BCUT2D eigenvalue weighted by atomic mass is 79.9. The van der Waals surface area contributed by atoms with Crippen LogP contribution in [0, 0.1) is 0 Å². The molecule has 20 heavy (non-hydrogen) atoms. The first-order valence-corrected chi connectivity index (χ1v) is 7.41. The average Bonchev–Trinajstić information content (AvgIpc) is 2.48. The third-order valence-electron chi connectivity index (χ3n) is 2.84. The van der Waals surface area contributed by atoms with Gasteiger partial charge in [0.05, 0.1) is 11.9 Å². The van der Waals surface area contributed by atoms with Gasteiger partial charge in [0.1, 0.15) is 4.47 Å². The molecule has 0 unspecified atom stereocenters. The molecule has 2 rings (SSSR count). The Hall–Kier alpha value is -1.69. The molecule has 0 aliphatic heterocycles. The van der Waals surface area contributed by atoms with Gasteiger partial charge in [0, 0.05) is 31.4 Å². The van der Waals surface area contributed by atoms with Crippen molar-refractivity contribution in [3.63, 3.8) is 0 Å². The highest BCUT2D eigenvalue weighted by Crippen LogP contribution is 2.16. The van der Waals surface area contributed by atoms with Gasteiger partial charge in [0.15, 0.2) is 0 Å². The topological polar surface area (TPSA) is 59.8 Å². The number of nitrogens with one attached hydrogen (secondary N) is 1. The van der Waals surface area contributed by atoms with Gasteiger partial charge in [-0.25, -0.2) is 4.68 Å². The summed E-state index contributed by atoms with van der Waals surface area (Å²) in [6.07, 6.45) is 5.13. The van der Waals surface area contributed by atoms with Crippen molar-refractivity contribution in [2.75, 3.05) is 11.9 Å². The van der Waals surface area contributed by atoms with Crippen molar-refractivity contribution in [3.8, 4) is 0 Å². The summed E-state index contributed by atoms with van der Waals surface area (Å²) in [5.41, 5.74) is 1.64. The second kappa shape index (κ2) is 7.19. The van der Waals surface area contributed by atoms with Crippen LogP contribution in [0.2, 0.25) is 0 Å². The third-order valence-corrected chi connectivity index (χ3v) is 3.61. The number of hydrogen-bond donors (Lipinski definition) is 1. The number of hydrogen-bond acceptors (Lipinski definition) is 4. The van der Waals surface area contributed by atoms with Gasteiger partial charge in [0.2, 0.25) is 0 Å². The molecule has 1 N–H and O–H groups in total. The minimum atomic E-state index is -0.102. The standard InChI is InChI=1S/C14H17BrN4O/c1-2-9-19-14(20)13(15)12(10-18-19)17-8-6-11-5-3-4-7-16-11/h3-5,7,10,17H,2,6,8-9H2,1H3. The number of aromatic nitrogens is 3. The molecule has 0 bridgehead atoms. The molecule has 5 nitrogen and oxygen atoms in total. The lowest BCUT2D eigenvalue weighted by atomic mass is 10.2. The Morgan fingerprint density at radius 1 is 1.40 bits per heavy atom. The number of pyridine rings is 1. The van der Waals surface area contributed by atoms with Crippen LogP contribution in [-0.2, 0) is 13.0 Å². The molecule has 2 aromatic rings. The summed E-state index contributed by atoms with van der Waals surface area (Å²) in [6.45, 7) is 3.35. The molecule has 106 valence electrons. The largest absolute Gasteiger partial charge is 0.382 e. The second-order valence-electron chi connectivity index (χ2n) is 4.40. The van der Waals surface area contributed by atoms with E-state index in [9.17, 15) is 4.79 Å². The monoisotopic (exact) mass is 336 g/mol.